The van der Waals surface area contributed by atoms with Crippen LogP contribution in [0.15, 0.2) is 0 Å². The van der Waals surface area contributed by atoms with E-state index in [0.29, 0.717) is 0 Å². The van der Waals surface area contributed by atoms with Gasteiger partial charge in [0.1, 0.15) is 0 Å². The molecule has 0 aromatic rings. The Hall–Kier alpha value is 0.394. The Morgan fingerprint density at radius 1 is 0.833 bits per heavy atom. The second-order valence-corrected chi connectivity index (χ2v) is 14.0. The minimum absolute atomic E-state index is 1.28. The van der Waals surface area contributed by atoms with E-state index < -0.39 is 16.6 Å². The summed E-state index contributed by atoms with van der Waals surface area (Å²) in [5.41, 5.74) is 0. The van der Waals surface area contributed by atoms with Gasteiger partial charge >= 0.3 is 0 Å². The molecule has 0 radical (unpaired) electrons. The Morgan fingerprint density at radius 2 is 1.17 bits per heavy atom. The van der Waals surface area contributed by atoms with Gasteiger partial charge in [-0.05, 0) is 37.8 Å². The molecule has 0 amide bonds. The van der Waals surface area contributed by atoms with Crippen molar-refractivity contribution in [1.29, 1.82) is 0 Å². The fraction of sp³-hybridized carbons (Fsp3) is 1.00. The van der Waals surface area contributed by atoms with E-state index in [1.807, 2.05) is 0 Å². The molecule has 0 aliphatic carbocycles. The van der Waals surface area contributed by atoms with Crippen LogP contribution < -0.4 is 0 Å². The van der Waals surface area contributed by atoms with E-state index in [1.54, 1.807) is 0 Å². The maximum Gasteiger partial charge on any atom is 0.178 e. The molecule has 3 heteroatoms. The van der Waals surface area contributed by atoms with Crippen LogP contribution in [0.5, 0.6) is 0 Å². The normalized spacial score (nSPS) is 13.5. The average Bonchev–Trinajstić information content (AvgIpc) is 1.99. The van der Waals surface area contributed by atoms with Crippen molar-refractivity contribution in [3.05, 3.63) is 0 Å². The van der Waals surface area contributed by atoms with Crippen LogP contribution in [0, 0.1) is 0 Å². The Balaban J connectivity index is 4.30. The highest BCUT2D eigenvalue weighted by Crippen LogP contribution is 2.25. The molecule has 0 saturated heterocycles. The average molecular weight is 204 g/mol. The largest absolute Gasteiger partial charge is 0.455 e. The maximum absolute atomic E-state index is 6.35. The van der Waals surface area contributed by atoms with Gasteiger partial charge in [-0.3, -0.25) is 0 Å². The highest BCUT2D eigenvalue weighted by molar-refractivity contribution is 6.85. The van der Waals surface area contributed by atoms with E-state index in [2.05, 4.69) is 40.4 Å². The van der Waals surface area contributed by atoms with Crippen molar-refractivity contribution in [1.82, 2.24) is 0 Å². The zero-order valence-corrected chi connectivity index (χ0v) is 11.5. The van der Waals surface area contributed by atoms with Crippen LogP contribution in [-0.2, 0) is 4.12 Å². The highest BCUT2D eigenvalue weighted by Gasteiger charge is 2.33. The van der Waals surface area contributed by atoms with Gasteiger partial charge < -0.3 is 4.12 Å². The standard InChI is InChI=1S/C9H24OSi2/c1-7-12(8-2,9-3)10-11(4,5)6/h7-9H2,1-6H3. The molecule has 1 nitrogen and oxygen atoms in total. The van der Waals surface area contributed by atoms with Crippen LogP contribution in [0.3, 0.4) is 0 Å². The number of hydrogen-bond acceptors (Lipinski definition) is 1. The fourth-order valence-electron chi connectivity index (χ4n) is 1.62. The molecule has 0 spiro atoms. The van der Waals surface area contributed by atoms with E-state index >= 15 is 0 Å². The van der Waals surface area contributed by atoms with Gasteiger partial charge in [0.25, 0.3) is 0 Å². The topological polar surface area (TPSA) is 9.23 Å². The molecule has 0 atom stereocenters. The van der Waals surface area contributed by atoms with Crippen molar-refractivity contribution in [3.63, 3.8) is 0 Å². The van der Waals surface area contributed by atoms with Crippen LogP contribution in [0.25, 0.3) is 0 Å². The summed E-state index contributed by atoms with van der Waals surface area (Å²) in [4.78, 5) is 0. The van der Waals surface area contributed by atoms with E-state index in [1.165, 1.54) is 18.1 Å². The van der Waals surface area contributed by atoms with Gasteiger partial charge in [-0.25, -0.2) is 0 Å². The molecule has 0 heterocycles. The molecule has 0 aliphatic heterocycles. The SMILES string of the molecule is CC[Si](CC)(CC)O[Si](C)(C)C. The van der Waals surface area contributed by atoms with Gasteiger partial charge in [0.05, 0.1) is 0 Å². The summed E-state index contributed by atoms with van der Waals surface area (Å²) in [5.74, 6) is 0. The van der Waals surface area contributed by atoms with Crippen LogP contribution in [0.2, 0.25) is 37.8 Å². The van der Waals surface area contributed by atoms with Crippen molar-refractivity contribution in [2.24, 2.45) is 0 Å². The van der Waals surface area contributed by atoms with Crippen molar-refractivity contribution in [2.75, 3.05) is 0 Å². The summed E-state index contributed by atoms with van der Waals surface area (Å²) < 4.78 is 6.35. The third-order valence-electron chi connectivity index (χ3n) is 2.46. The van der Waals surface area contributed by atoms with E-state index in [9.17, 15) is 0 Å². The number of rotatable bonds is 5. The molecule has 0 rings (SSSR count). The van der Waals surface area contributed by atoms with Crippen LogP contribution in [0.4, 0.5) is 0 Å². The fourth-order valence-corrected chi connectivity index (χ4v) is 10.0. The molecule has 0 fully saturated rings. The molecule has 0 aromatic heterocycles. The minimum atomic E-state index is -1.29. The molecular formula is C9H24OSi2. The third kappa shape index (κ3) is 3.87. The van der Waals surface area contributed by atoms with Gasteiger partial charge in [-0.1, -0.05) is 20.8 Å². The molecule has 74 valence electrons. The van der Waals surface area contributed by atoms with Gasteiger partial charge in [0, 0.05) is 0 Å². The summed E-state index contributed by atoms with van der Waals surface area (Å²) in [6.07, 6.45) is 0. The first-order valence-electron chi connectivity index (χ1n) is 5.09. The summed E-state index contributed by atoms with van der Waals surface area (Å²) in [7, 11) is -2.58. The molecule has 0 saturated carbocycles. The molecule has 0 aromatic carbocycles. The zero-order chi connectivity index (χ0) is 9.83. The number of hydrogen-bond donors (Lipinski definition) is 0. The van der Waals surface area contributed by atoms with E-state index in [0.717, 1.165) is 0 Å². The maximum atomic E-state index is 6.35. The van der Waals surface area contributed by atoms with Gasteiger partial charge in [0.2, 0.25) is 0 Å². The smallest absolute Gasteiger partial charge is 0.178 e. The predicted molar refractivity (Wildman–Crippen MR) is 61.6 cm³/mol. The van der Waals surface area contributed by atoms with E-state index in [-0.39, 0.29) is 0 Å². The van der Waals surface area contributed by atoms with Crippen LogP contribution in [-0.4, -0.2) is 16.6 Å². The Labute approximate surface area is 79.8 Å². The summed E-state index contributed by atoms with van der Waals surface area (Å²) >= 11 is 0. The molecule has 0 unspecified atom stereocenters. The van der Waals surface area contributed by atoms with Gasteiger partial charge in [0.15, 0.2) is 16.6 Å². The van der Waals surface area contributed by atoms with Gasteiger partial charge in [-0.2, -0.15) is 0 Å². The lowest BCUT2D eigenvalue weighted by Crippen LogP contribution is -2.45. The van der Waals surface area contributed by atoms with Crippen LogP contribution >= 0.6 is 0 Å². The molecule has 0 N–H and O–H groups in total. The zero-order valence-electron chi connectivity index (χ0n) is 9.53. The summed E-state index contributed by atoms with van der Waals surface area (Å²) in [6, 6.07) is 3.85. The van der Waals surface area contributed by atoms with Crippen molar-refractivity contribution in [3.8, 4) is 0 Å². The molecule has 0 aliphatic rings. The third-order valence-corrected chi connectivity index (χ3v) is 10.5. The first kappa shape index (κ1) is 12.4. The van der Waals surface area contributed by atoms with Crippen molar-refractivity contribution in [2.45, 2.75) is 58.5 Å². The molecular weight excluding hydrogens is 180 g/mol. The highest BCUT2D eigenvalue weighted by atomic mass is 28.4. The Bertz CT molecular complexity index is 117. The predicted octanol–water partition coefficient (Wildman–Crippen LogP) is 3.84. The first-order valence-corrected chi connectivity index (χ1v) is 11.0. The Kier molecular flexibility index (Phi) is 4.73. The molecule has 0 bridgehead atoms. The van der Waals surface area contributed by atoms with Crippen molar-refractivity contribution < 1.29 is 4.12 Å². The quantitative estimate of drug-likeness (QED) is 0.618. The van der Waals surface area contributed by atoms with E-state index in [4.69, 9.17) is 4.12 Å². The lowest BCUT2D eigenvalue weighted by Gasteiger charge is -2.35. The lowest BCUT2D eigenvalue weighted by atomic mass is 10.9. The Morgan fingerprint density at radius 3 is 1.25 bits per heavy atom. The molecule has 12 heavy (non-hydrogen) atoms. The van der Waals surface area contributed by atoms with Crippen LogP contribution in [0.1, 0.15) is 20.8 Å². The summed E-state index contributed by atoms with van der Waals surface area (Å²) in [5, 5.41) is 0. The second-order valence-electron chi connectivity index (χ2n) is 4.46. The first-order chi connectivity index (χ1) is 5.39. The van der Waals surface area contributed by atoms with Crippen molar-refractivity contribution >= 4 is 16.6 Å². The monoisotopic (exact) mass is 204 g/mol. The van der Waals surface area contributed by atoms with Gasteiger partial charge in [-0.15, -0.1) is 0 Å². The minimum Gasteiger partial charge on any atom is -0.455 e. The summed E-state index contributed by atoms with van der Waals surface area (Å²) in [6.45, 7) is 13.8. The second kappa shape index (κ2) is 4.58. The lowest BCUT2D eigenvalue weighted by molar-refractivity contribution is 0.532.